The highest BCUT2D eigenvalue weighted by atomic mass is 32.2. The van der Waals surface area contributed by atoms with Crippen LogP contribution in [0.1, 0.15) is 21.9 Å². The number of hydrogen-bond acceptors (Lipinski definition) is 5. The van der Waals surface area contributed by atoms with Gasteiger partial charge in [0.25, 0.3) is 0 Å². The van der Waals surface area contributed by atoms with E-state index in [1.165, 1.54) is 21.5 Å². The lowest BCUT2D eigenvalue weighted by atomic mass is 10.3. The minimum Gasteiger partial charge on any atom is -0.329 e. The van der Waals surface area contributed by atoms with Gasteiger partial charge in [0.15, 0.2) is 5.16 Å². The second-order valence-corrected chi connectivity index (χ2v) is 6.34. The Labute approximate surface area is 113 Å². The quantitative estimate of drug-likeness (QED) is 0.820. The summed E-state index contributed by atoms with van der Waals surface area (Å²) in [5.74, 6) is 0. The summed E-state index contributed by atoms with van der Waals surface area (Å²) in [4.78, 5) is 14.0. The van der Waals surface area contributed by atoms with Crippen LogP contribution in [0.5, 0.6) is 0 Å². The van der Waals surface area contributed by atoms with Crippen molar-refractivity contribution in [1.29, 1.82) is 0 Å². The van der Waals surface area contributed by atoms with Crippen LogP contribution in [0.2, 0.25) is 0 Å². The first-order valence-electron chi connectivity index (χ1n) is 5.74. The van der Waals surface area contributed by atoms with Gasteiger partial charge in [-0.05, 0) is 26.0 Å². The van der Waals surface area contributed by atoms with Crippen LogP contribution in [-0.2, 0) is 6.54 Å². The smallest absolute Gasteiger partial charge is 0.329 e. The van der Waals surface area contributed by atoms with Crippen LogP contribution >= 0.6 is 23.1 Å². The number of nitrogens with one attached hydrogen (secondary N) is 1. The standard InChI is InChI=1S/C11H16N4OS2/c1-3-15-10(16)13-14-11(15)18-9(6-12)8-5-4-7(2)17-8/h4-5,9H,3,6,12H2,1-2H3,(H,13,16). The molecule has 0 radical (unpaired) electrons. The average Bonchev–Trinajstić information content (AvgIpc) is 2.92. The molecule has 5 nitrogen and oxygen atoms in total. The summed E-state index contributed by atoms with van der Waals surface area (Å²) in [6.45, 7) is 5.13. The van der Waals surface area contributed by atoms with E-state index in [1.807, 2.05) is 6.92 Å². The largest absolute Gasteiger partial charge is 0.343 e. The van der Waals surface area contributed by atoms with Gasteiger partial charge < -0.3 is 5.73 Å². The summed E-state index contributed by atoms with van der Waals surface area (Å²) < 4.78 is 1.62. The molecular formula is C11H16N4OS2. The third-order valence-corrected chi connectivity index (χ3v) is 5.10. The van der Waals surface area contributed by atoms with Crippen molar-refractivity contribution in [3.05, 3.63) is 32.4 Å². The fraction of sp³-hybridized carbons (Fsp3) is 0.455. The molecule has 0 aromatic carbocycles. The molecule has 3 N–H and O–H groups in total. The Bertz CT molecular complexity index is 572. The number of thiophene rings is 1. The fourth-order valence-corrected chi connectivity index (χ4v) is 3.79. The second-order valence-electron chi connectivity index (χ2n) is 3.85. The SMILES string of the molecule is CCn1c(SC(CN)c2ccc(C)s2)n[nH]c1=O. The molecule has 0 bridgehead atoms. The molecule has 1 atom stereocenters. The molecule has 0 aliphatic rings. The molecule has 7 heteroatoms. The number of rotatable bonds is 5. The molecule has 0 amide bonds. The van der Waals surface area contributed by atoms with E-state index in [2.05, 4.69) is 29.3 Å². The van der Waals surface area contributed by atoms with Crippen molar-refractivity contribution >= 4 is 23.1 Å². The highest BCUT2D eigenvalue weighted by Gasteiger charge is 2.17. The molecule has 1 unspecified atom stereocenters. The van der Waals surface area contributed by atoms with E-state index in [1.54, 1.807) is 15.9 Å². The maximum Gasteiger partial charge on any atom is 0.343 e. The minimum absolute atomic E-state index is 0.143. The first-order chi connectivity index (χ1) is 8.65. The van der Waals surface area contributed by atoms with Crippen molar-refractivity contribution in [3.63, 3.8) is 0 Å². The van der Waals surface area contributed by atoms with Crippen LogP contribution in [-0.4, -0.2) is 21.3 Å². The number of H-pyrrole nitrogens is 1. The number of aromatic nitrogens is 3. The van der Waals surface area contributed by atoms with E-state index < -0.39 is 0 Å². The van der Waals surface area contributed by atoms with Crippen molar-refractivity contribution < 1.29 is 0 Å². The van der Waals surface area contributed by atoms with Gasteiger partial charge in [-0.3, -0.25) is 4.57 Å². The van der Waals surface area contributed by atoms with E-state index in [-0.39, 0.29) is 10.9 Å². The first-order valence-corrected chi connectivity index (χ1v) is 7.43. The summed E-state index contributed by atoms with van der Waals surface area (Å²) in [5.41, 5.74) is 5.65. The fourth-order valence-electron chi connectivity index (χ4n) is 1.65. The number of thioether (sulfide) groups is 1. The predicted molar refractivity (Wildman–Crippen MR) is 75.2 cm³/mol. The maximum absolute atomic E-state index is 11.5. The summed E-state index contributed by atoms with van der Waals surface area (Å²) in [6, 6.07) is 4.17. The molecule has 0 fully saturated rings. The third kappa shape index (κ3) is 2.68. The van der Waals surface area contributed by atoms with Crippen LogP contribution in [0.25, 0.3) is 0 Å². The van der Waals surface area contributed by atoms with Crippen molar-refractivity contribution in [2.75, 3.05) is 6.54 Å². The van der Waals surface area contributed by atoms with Crippen LogP contribution < -0.4 is 11.4 Å². The van der Waals surface area contributed by atoms with Crippen LogP contribution in [0.4, 0.5) is 0 Å². The molecule has 0 saturated carbocycles. The number of nitrogens with two attached hydrogens (primary N) is 1. The van der Waals surface area contributed by atoms with E-state index in [4.69, 9.17) is 5.73 Å². The average molecular weight is 284 g/mol. The number of nitrogens with zero attached hydrogens (tertiary/aromatic N) is 2. The van der Waals surface area contributed by atoms with Gasteiger partial charge in [-0.2, -0.15) is 0 Å². The molecule has 2 heterocycles. The number of hydrogen-bond donors (Lipinski definition) is 2. The third-order valence-electron chi connectivity index (χ3n) is 2.58. The second kappa shape index (κ2) is 5.73. The zero-order valence-electron chi connectivity index (χ0n) is 10.3. The summed E-state index contributed by atoms with van der Waals surface area (Å²) in [5, 5.41) is 7.36. The predicted octanol–water partition coefficient (Wildman–Crippen LogP) is 1.75. The zero-order valence-corrected chi connectivity index (χ0v) is 12.0. The monoisotopic (exact) mass is 284 g/mol. The summed E-state index contributed by atoms with van der Waals surface area (Å²) >= 11 is 3.27. The Morgan fingerprint density at radius 1 is 1.61 bits per heavy atom. The summed E-state index contributed by atoms with van der Waals surface area (Å²) in [7, 11) is 0. The normalized spacial score (nSPS) is 12.8. The van der Waals surface area contributed by atoms with E-state index >= 15 is 0 Å². The van der Waals surface area contributed by atoms with Gasteiger partial charge in [0.2, 0.25) is 0 Å². The zero-order chi connectivity index (χ0) is 13.1. The highest BCUT2D eigenvalue weighted by Crippen LogP contribution is 2.36. The lowest BCUT2D eigenvalue weighted by Crippen LogP contribution is -2.17. The lowest BCUT2D eigenvalue weighted by molar-refractivity contribution is 0.658. The van der Waals surface area contributed by atoms with Crippen LogP contribution in [0.15, 0.2) is 22.1 Å². The van der Waals surface area contributed by atoms with Crippen molar-refractivity contribution in [2.45, 2.75) is 30.8 Å². The van der Waals surface area contributed by atoms with Crippen molar-refractivity contribution in [3.8, 4) is 0 Å². The Kier molecular flexibility index (Phi) is 4.26. The van der Waals surface area contributed by atoms with Crippen molar-refractivity contribution in [2.24, 2.45) is 5.73 Å². The lowest BCUT2D eigenvalue weighted by Gasteiger charge is -2.11. The molecule has 2 rings (SSSR count). The Morgan fingerprint density at radius 2 is 2.39 bits per heavy atom. The number of aromatic amines is 1. The summed E-state index contributed by atoms with van der Waals surface area (Å²) in [6.07, 6.45) is 0. The molecule has 2 aromatic rings. The van der Waals surface area contributed by atoms with Gasteiger partial charge in [-0.15, -0.1) is 16.4 Å². The van der Waals surface area contributed by atoms with Gasteiger partial charge in [-0.25, -0.2) is 9.89 Å². The molecule has 0 saturated heterocycles. The van der Waals surface area contributed by atoms with Crippen LogP contribution in [0, 0.1) is 6.92 Å². The van der Waals surface area contributed by atoms with E-state index in [0.29, 0.717) is 18.2 Å². The van der Waals surface area contributed by atoms with Gasteiger partial charge in [0, 0.05) is 22.8 Å². The Morgan fingerprint density at radius 3 is 2.94 bits per heavy atom. The number of aryl methyl sites for hydroxylation is 1. The van der Waals surface area contributed by atoms with Crippen LogP contribution in [0.3, 0.4) is 0 Å². The van der Waals surface area contributed by atoms with E-state index in [9.17, 15) is 4.79 Å². The molecule has 2 aromatic heterocycles. The van der Waals surface area contributed by atoms with Gasteiger partial charge in [0.1, 0.15) is 0 Å². The molecule has 0 spiro atoms. The molecule has 18 heavy (non-hydrogen) atoms. The van der Waals surface area contributed by atoms with Gasteiger partial charge in [0.05, 0.1) is 5.25 Å². The molecule has 0 aliphatic carbocycles. The van der Waals surface area contributed by atoms with E-state index in [0.717, 1.165) is 0 Å². The minimum atomic E-state index is -0.168. The Hall–Kier alpha value is -1.05. The van der Waals surface area contributed by atoms with Crippen molar-refractivity contribution in [1.82, 2.24) is 14.8 Å². The maximum atomic E-state index is 11.5. The molecular weight excluding hydrogens is 268 g/mol. The molecule has 0 aliphatic heterocycles. The highest BCUT2D eigenvalue weighted by molar-refractivity contribution is 7.99. The topological polar surface area (TPSA) is 76.7 Å². The molecule has 98 valence electrons. The first kappa shape index (κ1) is 13.4. The van der Waals surface area contributed by atoms with Gasteiger partial charge >= 0.3 is 5.69 Å². The van der Waals surface area contributed by atoms with Gasteiger partial charge in [-0.1, -0.05) is 11.8 Å². The Balaban J connectivity index is 2.23.